The first-order chi connectivity index (χ1) is 13.6. The fraction of sp³-hybridized carbons (Fsp3) is 0.458. The third-order valence-corrected chi connectivity index (χ3v) is 5.63. The molecule has 0 bridgehead atoms. The maximum atomic E-state index is 12.9. The second-order valence-corrected chi connectivity index (χ2v) is 7.91. The lowest BCUT2D eigenvalue weighted by molar-refractivity contribution is 0.0628. The van der Waals surface area contributed by atoms with Crippen LogP contribution in [0.2, 0.25) is 0 Å². The van der Waals surface area contributed by atoms with E-state index in [1.165, 1.54) is 11.1 Å². The summed E-state index contributed by atoms with van der Waals surface area (Å²) in [5.74, 6) is 0.155. The van der Waals surface area contributed by atoms with Crippen LogP contribution in [-0.4, -0.2) is 59.4 Å². The van der Waals surface area contributed by atoms with Crippen molar-refractivity contribution in [3.8, 4) is 0 Å². The van der Waals surface area contributed by atoms with Crippen LogP contribution < -0.4 is 0 Å². The molecule has 0 atom stereocenters. The van der Waals surface area contributed by atoms with E-state index in [4.69, 9.17) is 0 Å². The van der Waals surface area contributed by atoms with E-state index < -0.39 is 0 Å². The van der Waals surface area contributed by atoms with Crippen molar-refractivity contribution < 1.29 is 4.79 Å². The number of nitrogens with zero attached hydrogens (tertiary/aromatic N) is 3. The molecule has 0 unspecified atom stereocenters. The van der Waals surface area contributed by atoms with Gasteiger partial charge in [0.25, 0.3) is 5.91 Å². The lowest BCUT2D eigenvalue weighted by Gasteiger charge is -2.34. The summed E-state index contributed by atoms with van der Waals surface area (Å²) in [5.41, 5.74) is 3.40. The number of rotatable bonds is 7. The first kappa shape index (κ1) is 20.6. The summed E-state index contributed by atoms with van der Waals surface area (Å²) in [7, 11) is 0. The minimum atomic E-state index is 0.155. The molecular formula is C24H33N3O. The third kappa shape index (κ3) is 5.43. The van der Waals surface area contributed by atoms with Gasteiger partial charge in [0.1, 0.15) is 0 Å². The Labute approximate surface area is 169 Å². The molecule has 1 aliphatic rings. The Morgan fingerprint density at radius 2 is 1.57 bits per heavy atom. The van der Waals surface area contributed by atoms with Gasteiger partial charge in [-0.3, -0.25) is 14.6 Å². The Balaban J connectivity index is 1.52. The number of piperazine rings is 1. The van der Waals surface area contributed by atoms with E-state index >= 15 is 0 Å². The zero-order valence-corrected chi connectivity index (χ0v) is 17.5. The molecule has 2 aromatic carbocycles. The molecule has 1 amide bonds. The van der Waals surface area contributed by atoms with Crippen LogP contribution in [0.4, 0.5) is 0 Å². The van der Waals surface area contributed by atoms with Crippen LogP contribution in [0.5, 0.6) is 0 Å². The molecule has 1 fully saturated rings. The molecule has 2 aromatic rings. The van der Waals surface area contributed by atoms with Crippen molar-refractivity contribution in [2.75, 3.05) is 32.7 Å². The number of amides is 1. The van der Waals surface area contributed by atoms with Gasteiger partial charge in [-0.05, 0) is 43.7 Å². The molecule has 1 heterocycles. The standard InChI is InChI=1S/C24H33N3O/c1-4-26(20(2)3)19-22-10-12-23(13-11-22)24(28)27-16-14-25(15-17-27)18-21-8-6-5-7-9-21/h5-13,20H,4,14-19H2,1-3H3. The number of benzene rings is 2. The predicted molar refractivity (Wildman–Crippen MR) is 115 cm³/mol. The number of hydrogen-bond donors (Lipinski definition) is 0. The highest BCUT2D eigenvalue weighted by Crippen LogP contribution is 2.14. The molecule has 1 aliphatic heterocycles. The van der Waals surface area contributed by atoms with Crippen molar-refractivity contribution >= 4 is 5.91 Å². The fourth-order valence-electron chi connectivity index (χ4n) is 3.78. The van der Waals surface area contributed by atoms with Gasteiger partial charge < -0.3 is 4.90 Å². The second kappa shape index (κ2) is 9.85. The van der Waals surface area contributed by atoms with E-state index in [0.717, 1.165) is 51.4 Å². The highest BCUT2D eigenvalue weighted by molar-refractivity contribution is 5.94. The normalized spacial score (nSPS) is 15.4. The van der Waals surface area contributed by atoms with Gasteiger partial charge in [0.2, 0.25) is 0 Å². The monoisotopic (exact) mass is 379 g/mol. The van der Waals surface area contributed by atoms with Crippen LogP contribution in [0.3, 0.4) is 0 Å². The topological polar surface area (TPSA) is 26.8 Å². The molecule has 0 saturated carbocycles. The molecule has 28 heavy (non-hydrogen) atoms. The van der Waals surface area contributed by atoms with Crippen LogP contribution in [-0.2, 0) is 13.1 Å². The van der Waals surface area contributed by atoms with E-state index in [0.29, 0.717) is 6.04 Å². The summed E-state index contributed by atoms with van der Waals surface area (Å²) < 4.78 is 0. The largest absolute Gasteiger partial charge is 0.336 e. The van der Waals surface area contributed by atoms with E-state index in [2.05, 4.69) is 67.0 Å². The van der Waals surface area contributed by atoms with Crippen molar-refractivity contribution in [2.45, 2.75) is 39.9 Å². The van der Waals surface area contributed by atoms with Gasteiger partial charge in [-0.15, -0.1) is 0 Å². The lowest BCUT2D eigenvalue weighted by atomic mass is 10.1. The minimum absolute atomic E-state index is 0.155. The van der Waals surface area contributed by atoms with E-state index in [1.807, 2.05) is 23.1 Å². The highest BCUT2D eigenvalue weighted by atomic mass is 16.2. The van der Waals surface area contributed by atoms with Crippen molar-refractivity contribution in [1.29, 1.82) is 0 Å². The summed E-state index contributed by atoms with van der Waals surface area (Å²) >= 11 is 0. The quantitative estimate of drug-likeness (QED) is 0.731. The minimum Gasteiger partial charge on any atom is -0.336 e. The second-order valence-electron chi connectivity index (χ2n) is 7.91. The fourth-order valence-corrected chi connectivity index (χ4v) is 3.78. The molecule has 0 aliphatic carbocycles. The molecule has 0 N–H and O–H groups in total. The van der Waals surface area contributed by atoms with Gasteiger partial charge in [-0.1, -0.05) is 49.4 Å². The van der Waals surface area contributed by atoms with E-state index in [1.54, 1.807) is 0 Å². The number of hydrogen-bond acceptors (Lipinski definition) is 3. The molecular weight excluding hydrogens is 346 g/mol. The van der Waals surface area contributed by atoms with Gasteiger partial charge in [-0.25, -0.2) is 0 Å². The zero-order chi connectivity index (χ0) is 19.9. The van der Waals surface area contributed by atoms with Gasteiger partial charge in [0.15, 0.2) is 0 Å². The Morgan fingerprint density at radius 3 is 2.14 bits per heavy atom. The number of carbonyl (C=O) groups excluding carboxylic acids is 1. The lowest BCUT2D eigenvalue weighted by Crippen LogP contribution is -2.48. The zero-order valence-electron chi connectivity index (χ0n) is 17.5. The Kier molecular flexibility index (Phi) is 7.24. The summed E-state index contributed by atoms with van der Waals surface area (Å²) in [6, 6.07) is 19.3. The summed E-state index contributed by atoms with van der Waals surface area (Å²) in [6.45, 7) is 13.0. The SMILES string of the molecule is CCN(Cc1ccc(C(=O)N2CCN(Cc3ccccc3)CC2)cc1)C(C)C. The van der Waals surface area contributed by atoms with Crippen LogP contribution in [0.1, 0.15) is 42.3 Å². The van der Waals surface area contributed by atoms with Crippen LogP contribution in [0.25, 0.3) is 0 Å². The van der Waals surface area contributed by atoms with Crippen molar-refractivity contribution in [2.24, 2.45) is 0 Å². The molecule has 3 rings (SSSR count). The molecule has 0 aromatic heterocycles. The van der Waals surface area contributed by atoms with Crippen LogP contribution >= 0.6 is 0 Å². The first-order valence-electron chi connectivity index (χ1n) is 10.5. The summed E-state index contributed by atoms with van der Waals surface area (Å²) in [5, 5.41) is 0. The highest BCUT2D eigenvalue weighted by Gasteiger charge is 2.22. The molecule has 0 spiro atoms. The van der Waals surface area contributed by atoms with E-state index in [-0.39, 0.29) is 5.91 Å². The van der Waals surface area contributed by atoms with Crippen molar-refractivity contribution in [3.63, 3.8) is 0 Å². The van der Waals surface area contributed by atoms with Crippen LogP contribution in [0.15, 0.2) is 54.6 Å². The van der Waals surface area contributed by atoms with Gasteiger partial charge >= 0.3 is 0 Å². The predicted octanol–water partition coefficient (Wildman–Crippen LogP) is 3.87. The average molecular weight is 380 g/mol. The van der Waals surface area contributed by atoms with Gasteiger partial charge in [0.05, 0.1) is 0 Å². The average Bonchev–Trinajstić information content (AvgIpc) is 2.73. The summed E-state index contributed by atoms with van der Waals surface area (Å²) in [6.07, 6.45) is 0. The number of carbonyl (C=O) groups is 1. The molecule has 4 nitrogen and oxygen atoms in total. The first-order valence-corrected chi connectivity index (χ1v) is 10.5. The smallest absolute Gasteiger partial charge is 0.253 e. The Morgan fingerprint density at radius 1 is 0.929 bits per heavy atom. The van der Waals surface area contributed by atoms with Gasteiger partial charge in [-0.2, -0.15) is 0 Å². The van der Waals surface area contributed by atoms with Crippen molar-refractivity contribution in [3.05, 3.63) is 71.3 Å². The molecule has 150 valence electrons. The van der Waals surface area contributed by atoms with Gasteiger partial charge in [0, 0.05) is 50.9 Å². The Hall–Kier alpha value is -2.17. The van der Waals surface area contributed by atoms with Crippen molar-refractivity contribution in [1.82, 2.24) is 14.7 Å². The maximum Gasteiger partial charge on any atom is 0.253 e. The molecule has 0 radical (unpaired) electrons. The van der Waals surface area contributed by atoms with Crippen LogP contribution in [0, 0.1) is 0 Å². The molecule has 4 heteroatoms. The maximum absolute atomic E-state index is 12.9. The van der Waals surface area contributed by atoms with E-state index in [9.17, 15) is 4.79 Å². The molecule has 1 saturated heterocycles. The summed E-state index contributed by atoms with van der Waals surface area (Å²) in [4.78, 5) is 19.7. The third-order valence-electron chi connectivity index (χ3n) is 5.63. The Bertz CT molecular complexity index is 734.